The molecule has 180 valence electrons. The van der Waals surface area contributed by atoms with Gasteiger partial charge in [-0.3, -0.25) is 0 Å². The molecular formula is C28H26N6O2. The number of nitrogens with zero attached hydrogens (tertiary/aromatic N) is 6. The summed E-state index contributed by atoms with van der Waals surface area (Å²) >= 11 is 0. The van der Waals surface area contributed by atoms with Gasteiger partial charge in [0.05, 0.1) is 13.2 Å². The topological polar surface area (TPSA) is 101 Å². The van der Waals surface area contributed by atoms with Gasteiger partial charge in [0, 0.05) is 29.9 Å². The number of benzene rings is 2. The molecule has 5 aromatic rings. The molecule has 0 amide bonds. The van der Waals surface area contributed by atoms with Crippen LogP contribution in [0.2, 0.25) is 0 Å². The third-order valence-corrected chi connectivity index (χ3v) is 6.89. The molecule has 0 atom stereocenters. The Morgan fingerprint density at radius 2 is 1.42 bits per heavy atom. The van der Waals surface area contributed by atoms with Crippen molar-refractivity contribution in [2.75, 3.05) is 6.61 Å². The van der Waals surface area contributed by atoms with Crippen LogP contribution in [0.3, 0.4) is 0 Å². The SMILES string of the molecule is Cc1c(-c2nc3n(n2)C=C(CO)CC3)cccc1-c1cccc(-c2nc3ccc(CO)cn3n2)c1C. The van der Waals surface area contributed by atoms with E-state index in [4.69, 9.17) is 15.1 Å². The second-order valence-electron chi connectivity index (χ2n) is 9.13. The van der Waals surface area contributed by atoms with Gasteiger partial charge in [0.1, 0.15) is 5.82 Å². The summed E-state index contributed by atoms with van der Waals surface area (Å²) in [7, 11) is 0. The van der Waals surface area contributed by atoms with E-state index >= 15 is 0 Å². The zero-order valence-corrected chi connectivity index (χ0v) is 20.2. The molecule has 1 aliphatic rings. The zero-order chi connectivity index (χ0) is 24.8. The minimum Gasteiger partial charge on any atom is -0.392 e. The zero-order valence-electron chi connectivity index (χ0n) is 20.2. The Hall–Kier alpha value is -4.14. The van der Waals surface area contributed by atoms with Crippen LogP contribution in [0.4, 0.5) is 0 Å². The smallest absolute Gasteiger partial charge is 0.182 e. The summed E-state index contributed by atoms with van der Waals surface area (Å²) in [6, 6.07) is 16.1. The van der Waals surface area contributed by atoms with Gasteiger partial charge >= 0.3 is 0 Å². The van der Waals surface area contributed by atoms with Crippen molar-refractivity contribution in [2.24, 2.45) is 0 Å². The predicted molar refractivity (Wildman–Crippen MR) is 138 cm³/mol. The summed E-state index contributed by atoms with van der Waals surface area (Å²) in [6.45, 7) is 4.20. The molecule has 0 bridgehead atoms. The first-order valence-electron chi connectivity index (χ1n) is 12.0. The van der Waals surface area contributed by atoms with Crippen molar-refractivity contribution in [3.8, 4) is 33.9 Å². The number of hydrogen-bond donors (Lipinski definition) is 2. The van der Waals surface area contributed by atoms with Gasteiger partial charge in [0.2, 0.25) is 0 Å². The molecule has 8 heteroatoms. The molecule has 6 rings (SSSR count). The monoisotopic (exact) mass is 478 g/mol. The quantitative estimate of drug-likeness (QED) is 0.392. The molecule has 2 aromatic carbocycles. The summed E-state index contributed by atoms with van der Waals surface area (Å²) in [5.74, 6) is 2.25. The molecule has 0 aliphatic carbocycles. The largest absolute Gasteiger partial charge is 0.392 e. The Bertz CT molecular complexity index is 1650. The first-order valence-corrected chi connectivity index (χ1v) is 12.0. The van der Waals surface area contributed by atoms with E-state index in [2.05, 4.69) is 37.1 Å². The number of aliphatic hydroxyl groups is 2. The highest BCUT2D eigenvalue weighted by atomic mass is 16.3. The van der Waals surface area contributed by atoms with E-state index in [1.807, 2.05) is 36.5 Å². The summed E-state index contributed by atoms with van der Waals surface area (Å²) < 4.78 is 3.50. The number of hydrogen-bond acceptors (Lipinski definition) is 6. The fraction of sp³-hybridized carbons (Fsp3) is 0.214. The van der Waals surface area contributed by atoms with Crippen LogP contribution in [0.1, 0.15) is 28.9 Å². The number of aromatic nitrogens is 6. The summed E-state index contributed by atoms with van der Waals surface area (Å²) in [4.78, 5) is 9.51. The van der Waals surface area contributed by atoms with Gasteiger partial charge in [0.25, 0.3) is 0 Å². The normalized spacial score (nSPS) is 13.2. The van der Waals surface area contributed by atoms with Crippen LogP contribution in [0.25, 0.3) is 45.7 Å². The maximum absolute atomic E-state index is 9.49. The van der Waals surface area contributed by atoms with Crippen LogP contribution in [0, 0.1) is 13.8 Å². The molecule has 0 saturated heterocycles. The van der Waals surface area contributed by atoms with Crippen LogP contribution in [-0.2, 0) is 13.0 Å². The van der Waals surface area contributed by atoms with Gasteiger partial charge in [-0.25, -0.2) is 19.2 Å². The third kappa shape index (κ3) is 3.71. The molecule has 1 aliphatic heterocycles. The van der Waals surface area contributed by atoms with Crippen molar-refractivity contribution < 1.29 is 10.2 Å². The van der Waals surface area contributed by atoms with Gasteiger partial charge in [-0.1, -0.05) is 42.5 Å². The van der Waals surface area contributed by atoms with Crippen LogP contribution < -0.4 is 0 Å². The van der Waals surface area contributed by atoms with Crippen molar-refractivity contribution in [3.05, 3.63) is 82.8 Å². The van der Waals surface area contributed by atoms with Crippen molar-refractivity contribution in [1.82, 2.24) is 29.4 Å². The molecule has 36 heavy (non-hydrogen) atoms. The minimum absolute atomic E-state index is 0.0389. The number of fused-ring (bicyclic) bond motifs is 2. The Morgan fingerprint density at radius 3 is 2.08 bits per heavy atom. The van der Waals surface area contributed by atoms with Gasteiger partial charge in [-0.2, -0.15) is 0 Å². The van der Waals surface area contributed by atoms with E-state index in [0.717, 1.165) is 68.8 Å². The van der Waals surface area contributed by atoms with E-state index in [-0.39, 0.29) is 13.2 Å². The molecule has 3 aromatic heterocycles. The first kappa shape index (κ1) is 22.3. The Labute approximate surface area is 208 Å². The van der Waals surface area contributed by atoms with Gasteiger partial charge in [0.15, 0.2) is 17.3 Å². The third-order valence-electron chi connectivity index (χ3n) is 6.89. The second-order valence-corrected chi connectivity index (χ2v) is 9.13. The summed E-state index contributed by atoms with van der Waals surface area (Å²) in [6.07, 6.45) is 5.26. The van der Waals surface area contributed by atoms with Crippen LogP contribution in [-0.4, -0.2) is 46.2 Å². The maximum Gasteiger partial charge on any atom is 0.182 e. The lowest BCUT2D eigenvalue weighted by Gasteiger charge is -2.14. The first-order chi connectivity index (χ1) is 17.6. The van der Waals surface area contributed by atoms with Crippen molar-refractivity contribution in [2.45, 2.75) is 33.3 Å². The number of aryl methyl sites for hydroxylation is 1. The van der Waals surface area contributed by atoms with Gasteiger partial charge in [-0.15, -0.1) is 10.2 Å². The molecule has 0 spiro atoms. The van der Waals surface area contributed by atoms with E-state index in [1.165, 1.54) is 0 Å². The second kappa shape index (κ2) is 8.82. The van der Waals surface area contributed by atoms with Gasteiger partial charge < -0.3 is 10.2 Å². The Kier molecular flexibility index (Phi) is 5.47. The van der Waals surface area contributed by atoms with E-state index in [0.29, 0.717) is 11.6 Å². The van der Waals surface area contributed by atoms with Crippen molar-refractivity contribution in [3.63, 3.8) is 0 Å². The van der Waals surface area contributed by atoms with Crippen molar-refractivity contribution >= 4 is 11.8 Å². The minimum atomic E-state index is -0.0389. The highest BCUT2D eigenvalue weighted by Gasteiger charge is 2.19. The number of rotatable bonds is 5. The van der Waals surface area contributed by atoms with Crippen molar-refractivity contribution in [1.29, 1.82) is 0 Å². The average Bonchev–Trinajstić information content (AvgIpc) is 3.52. The highest BCUT2D eigenvalue weighted by Crippen LogP contribution is 2.36. The molecule has 8 nitrogen and oxygen atoms in total. The summed E-state index contributed by atoms with van der Waals surface area (Å²) in [5.41, 5.74) is 8.83. The lowest BCUT2D eigenvalue weighted by Crippen LogP contribution is -2.08. The number of pyridine rings is 1. The highest BCUT2D eigenvalue weighted by molar-refractivity contribution is 5.81. The summed E-state index contributed by atoms with van der Waals surface area (Å²) in [5, 5.41) is 28.3. The standard InChI is InChI=1S/C28H26N6O2/c1-17-21(5-3-7-23(17)27-29-25-11-9-19(15-35)13-33(25)31-27)22-6-4-8-24(18(22)2)28-30-26-12-10-20(16-36)14-34(26)32-28/h3-9,11,13-14,35-36H,10,12,15-16H2,1-2H3. The van der Waals surface area contributed by atoms with Gasteiger partial charge in [-0.05, 0) is 59.7 Å². The number of aliphatic hydroxyl groups excluding tert-OH is 2. The molecule has 0 saturated carbocycles. The average molecular weight is 479 g/mol. The molecular weight excluding hydrogens is 452 g/mol. The molecule has 0 unspecified atom stereocenters. The lowest BCUT2D eigenvalue weighted by molar-refractivity contribution is 0.281. The fourth-order valence-corrected chi connectivity index (χ4v) is 4.85. The van der Waals surface area contributed by atoms with Crippen LogP contribution in [0.15, 0.2) is 60.3 Å². The van der Waals surface area contributed by atoms with Crippen LogP contribution >= 0.6 is 0 Å². The van der Waals surface area contributed by atoms with E-state index in [9.17, 15) is 10.2 Å². The predicted octanol–water partition coefficient (Wildman–Crippen LogP) is 4.21. The van der Waals surface area contributed by atoms with Crippen LogP contribution in [0.5, 0.6) is 0 Å². The molecule has 0 fully saturated rings. The molecule has 2 N–H and O–H groups in total. The fourth-order valence-electron chi connectivity index (χ4n) is 4.85. The van der Waals surface area contributed by atoms with E-state index < -0.39 is 0 Å². The Balaban J connectivity index is 1.42. The Morgan fingerprint density at radius 1 is 0.750 bits per heavy atom. The maximum atomic E-state index is 9.49. The molecule has 4 heterocycles. The lowest BCUT2D eigenvalue weighted by atomic mass is 9.91. The molecule has 0 radical (unpaired) electrons. The van der Waals surface area contributed by atoms with E-state index in [1.54, 1.807) is 15.4 Å².